The minimum atomic E-state index is -0.394. The van der Waals surface area contributed by atoms with Crippen molar-refractivity contribution in [2.24, 2.45) is 0 Å². The van der Waals surface area contributed by atoms with Gasteiger partial charge in [-0.3, -0.25) is 0 Å². The van der Waals surface area contributed by atoms with Crippen LogP contribution in [0, 0.1) is 5.82 Å². The van der Waals surface area contributed by atoms with Crippen molar-refractivity contribution in [2.75, 3.05) is 19.5 Å². The Balaban J connectivity index is 1.56. The van der Waals surface area contributed by atoms with Crippen LogP contribution in [0.2, 0.25) is 0 Å². The van der Waals surface area contributed by atoms with Gasteiger partial charge in [0.25, 0.3) is 0 Å². The number of ether oxygens (including phenoxy) is 2. The van der Waals surface area contributed by atoms with E-state index in [1.807, 2.05) is 47.2 Å². The predicted molar refractivity (Wildman–Crippen MR) is 128 cm³/mol. The van der Waals surface area contributed by atoms with E-state index in [1.54, 1.807) is 30.7 Å². The van der Waals surface area contributed by atoms with Crippen LogP contribution in [0.15, 0.2) is 85.5 Å². The number of halogens is 1. The molecule has 1 heterocycles. The molecule has 174 valence electrons. The largest absolute Gasteiger partial charge is 0.494 e. The topological polar surface area (TPSA) is 79.4 Å². The summed E-state index contributed by atoms with van der Waals surface area (Å²) in [5.41, 5.74) is 10.6. The maximum absolute atomic E-state index is 13.1. The number of aromatic nitrogens is 2. The fraction of sp³-hybridized carbons (Fsp3) is 0.185. The van der Waals surface area contributed by atoms with E-state index in [9.17, 15) is 9.18 Å². The second-order valence-corrected chi connectivity index (χ2v) is 7.86. The summed E-state index contributed by atoms with van der Waals surface area (Å²) in [4.78, 5) is 16.3. The summed E-state index contributed by atoms with van der Waals surface area (Å²) in [5.74, 6) is -0.0515. The Hall–Kier alpha value is -4.13. The van der Waals surface area contributed by atoms with Gasteiger partial charge in [0.05, 0.1) is 31.6 Å². The molecule has 0 fully saturated rings. The van der Waals surface area contributed by atoms with Crippen molar-refractivity contribution >= 4 is 11.7 Å². The summed E-state index contributed by atoms with van der Waals surface area (Å²) in [5, 5.41) is 0. The number of nitrogens with two attached hydrogens (primary N) is 1. The van der Waals surface area contributed by atoms with E-state index in [0.717, 1.165) is 29.5 Å². The molecule has 0 aliphatic carbocycles. The average molecular weight is 460 g/mol. The Morgan fingerprint density at radius 1 is 1.12 bits per heavy atom. The van der Waals surface area contributed by atoms with E-state index in [-0.39, 0.29) is 11.9 Å². The lowest BCUT2D eigenvalue weighted by molar-refractivity contribution is 0.0600. The number of imidazole rings is 1. The van der Waals surface area contributed by atoms with Crippen LogP contribution >= 0.6 is 0 Å². The van der Waals surface area contributed by atoms with E-state index in [1.165, 1.54) is 19.2 Å². The van der Waals surface area contributed by atoms with E-state index in [0.29, 0.717) is 23.6 Å². The SMILES string of the molecule is COC(=O)c1cccc(C(c2cccc(CCCOc3ccc(F)cc3)c2N)n2ccnc2)c1. The molecular weight excluding hydrogens is 433 g/mol. The molecular formula is C27H26FN3O3. The van der Waals surface area contributed by atoms with Crippen molar-refractivity contribution in [1.82, 2.24) is 9.55 Å². The minimum absolute atomic E-state index is 0.262. The fourth-order valence-corrected chi connectivity index (χ4v) is 3.96. The van der Waals surface area contributed by atoms with E-state index >= 15 is 0 Å². The van der Waals surface area contributed by atoms with Crippen molar-refractivity contribution < 1.29 is 18.7 Å². The molecule has 0 radical (unpaired) electrons. The molecule has 6 nitrogen and oxygen atoms in total. The number of rotatable bonds is 9. The minimum Gasteiger partial charge on any atom is -0.494 e. The van der Waals surface area contributed by atoms with Gasteiger partial charge in [-0.05, 0) is 60.4 Å². The number of para-hydroxylation sites is 1. The number of nitrogens with zero attached hydrogens (tertiary/aromatic N) is 2. The molecule has 0 spiro atoms. The highest BCUT2D eigenvalue weighted by molar-refractivity contribution is 5.89. The van der Waals surface area contributed by atoms with Crippen LogP contribution in [-0.4, -0.2) is 29.2 Å². The maximum Gasteiger partial charge on any atom is 0.337 e. The maximum atomic E-state index is 13.1. The van der Waals surface area contributed by atoms with Crippen LogP contribution in [0.5, 0.6) is 5.75 Å². The zero-order valence-electron chi connectivity index (χ0n) is 18.9. The second kappa shape index (κ2) is 10.7. The highest BCUT2D eigenvalue weighted by atomic mass is 19.1. The van der Waals surface area contributed by atoms with Crippen LogP contribution in [-0.2, 0) is 11.2 Å². The van der Waals surface area contributed by atoms with Crippen LogP contribution in [0.4, 0.5) is 10.1 Å². The third-order valence-electron chi connectivity index (χ3n) is 5.64. The highest BCUT2D eigenvalue weighted by Crippen LogP contribution is 2.33. The van der Waals surface area contributed by atoms with Gasteiger partial charge in [0.1, 0.15) is 11.6 Å². The summed E-state index contributed by atoms with van der Waals surface area (Å²) >= 11 is 0. The average Bonchev–Trinajstić information content (AvgIpc) is 3.39. The van der Waals surface area contributed by atoms with Gasteiger partial charge in [0.15, 0.2) is 0 Å². The van der Waals surface area contributed by atoms with Gasteiger partial charge in [-0.25, -0.2) is 14.2 Å². The molecule has 34 heavy (non-hydrogen) atoms. The first-order valence-corrected chi connectivity index (χ1v) is 11.0. The van der Waals surface area contributed by atoms with Crippen LogP contribution in [0.25, 0.3) is 0 Å². The first-order chi connectivity index (χ1) is 16.6. The molecule has 0 aliphatic rings. The Bertz CT molecular complexity index is 1240. The molecule has 0 aliphatic heterocycles. The number of esters is 1. The first kappa shape index (κ1) is 23.0. The predicted octanol–water partition coefficient (Wildman–Crippen LogP) is 5.04. The quantitative estimate of drug-likeness (QED) is 0.216. The first-order valence-electron chi connectivity index (χ1n) is 11.0. The standard InChI is InChI=1S/C27H26FN3O3/c1-33-27(32)21-7-2-6-20(17-21)26(31-15-14-30-18-31)24-9-3-5-19(25(24)29)8-4-16-34-23-12-10-22(28)11-13-23/h2-3,5-7,9-15,17-18,26H,4,8,16,29H2,1H3. The van der Waals surface area contributed by atoms with Gasteiger partial charge in [-0.15, -0.1) is 0 Å². The van der Waals surface area contributed by atoms with Gasteiger partial charge in [0.2, 0.25) is 0 Å². The molecule has 1 unspecified atom stereocenters. The zero-order valence-corrected chi connectivity index (χ0v) is 18.9. The summed E-state index contributed by atoms with van der Waals surface area (Å²) in [7, 11) is 1.36. The van der Waals surface area contributed by atoms with E-state index in [4.69, 9.17) is 15.2 Å². The van der Waals surface area contributed by atoms with Crippen LogP contribution < -0.4 is 10.5 Å². The highest BCUT2D eigenvalue weighted by Gasteiger charge is 2.21. The number of hydrogen-bond acceptors (Lipinski definition) is 5. The fourth-order valence-electron chi connectivity index (χ4n) is 3.96. The molecule has 1 atom stereocenters. The Kier molecular flexibility index (Phi) is 7.22. The van der Waals surface area contributed by atoms with Crippen molar-refractivity contribution in [3.63, 3.8) is 0 Å². The number of nitrogen functional groups attached to an aromatic ring is 1. The van der Waals surface area contributed by atoms with E-state index in [2.05, 4.69) is 4.98 Å². The molecule has 4 rings (SSSR count). The molecule has 0 saturated heterocycles. The lowest BCUT2D eigenvalue weighted by Crippen LogP contribution is -2.15. The number of hydrogen-bond donors (Lipinski definition) is 1. The van der Waals surface area contributed by atoms with Gasteiger partial charge in [-0.2, -0.15) is 0 Å². The molecule has 0 saturated carbocycles. The lowest BCUT2D eigenvalue weighted by Gasteiger charge is -2.23. The van der Waals surface area contributed by atoms with Crippen molar-refractivity contribution in [3.8, 4) is 5.75 Å². The molecule has 0 amide bonds. The normalized spacial score (nSPS) is 11.7. The number of methoxy groups -OCH3 is 1. The van der Waals surface area contributed by atoms with Crippen molar-refractivity contribution in [3.05, 3.63) is 114 Å². The van der Waals surface area contributed by atoms with Crippen LogP contribution in [0.1, 0.15) is 39.5 Å². The van der Waals surface area contributed by atoms with Gasteiger partial charge in [-0.1, -0.05) is 30.3 Å². The summed E-state index contributed by atoms with van der Waals surface area (Å²) in [6, 6.07) is 19.0. The van der Waals surface area contributed by atoms with Crippen molar-refractivity contribution in [1.29, 1.82) is 0 Å². The monoisotopic (exact) mass is 459 g/mol. The molecule has 3 aromatic carbocycles. The number of anilines is 1. The number of carbonyl (C=O) groups excluding carboxylic acids is 1. The van der Waals surface area contributed by atoms with Gasteiger partial charge in [0, 0.05) is 23.6 Å². The molecule has 1 aromatic heterocycles. The summed E-state index contributed by atoms with van der Waals surface area (Å²) in [6.45, 7) is 0.488. The third-order valence-corrected chi connectivity index (χ3v) is 5.64. The lowest BCUT2D eigenvalue weighted by atomic mass is 9.92. The molecule has 4 aromatic rings. The van der Waals surface area contributed by atoms with E-state index < -0.39 is 5.97 Å². The molecule has 2 N–H and O–H groups in total. The van der Waals surface area contributed by atoms with Gasteiger partial charge >= 0.3 is 5.97 Å². The number of carbonyl (C=O) groups is 1. The molecule has 7 heteroatoms. The Morgan fingerprint density at radius 3 is 2.65 bits per heavy atom. The second-order valence-electron chi connectivity index (χ2n) is 7.86. The summed E-state index contributed by atoms with van der Waals surface area (Å²) < 4.78 is 25.6. The number of benzene rings is 3. The van der Waals surface area contributed by atoms with Gasteiger partial charge < -0.3 is 19.8 Å². The zero-order chi connectivity index (χ0) is 23.9. The summed E-state index contributed by atoms with van der Waals surface area (Å²) in [6.07, 6.45) is 6.79. The number of aryl methyl sites for hydroxylation is 1. The third kappa shape index (κ3) is 5.26. The van der Waals surface area contributed by atoms with Crippen LogP contribution in [0.3, 0.4) is 0 Å². The smallest absolute Gasteiger partial charge is 0.337 e. The Morgan fingerprint density at radius 2 is 1.91 bits per heavy atom. The van der Waals surface area contributed by atoms with Crippen molar-refractivity contribution in [2.45, 2.75) is 18.9 Å². The molecule has 0 bridgehead atoms. The Labute approximate surface area is 197 Å².